The molecular weight excluding hydrogens is 446 g/mol. The zero-order valence-corrected chi connectivity index (χ0v) is 19.1. The highest BCUT2D eigenvalue weighted by atomic mass is 32.1. The minimum Gasteiger partial charge on any atom is -0.368 e. The molecule has 1 unspecified atom stereocenters. The fraction of sp³-hybridized carbons (Fsp3) is 0.348. The molecule has 1 fully saturated rings. The van der Waals surface area contributed by atoms with E-state index in [9.17, 15) is 13.6 Å². The third-order valence-corrected chi connectivity index (χ3v) is 7.04. The van der Waals surface area contributed by atoms with Gasteiger partial charge in [-0.25, -0.2) is 13.8 Å². The molecule has 4 aromatic rings. The standard InChI is InChI=1S/C23H24F2N6OS/c1-14-3-4-20(33-14)19-12-26-21-18(30-9-6-23(24,25)7-10-30)11-16(13-31(19)21)22(32)28-15(2)17-5-8-27-29-17/h3-5,8,11-13,15H,6-7,9-10H2,1-2H3,(H,27,29)(H,28,32). The first kappa shape index (κ1) is 21.6. The summed E-state index contributed by atoms with van der Waals surface area (Å²) in [4.78, 5) is 21.9. The van der Waals surface area contributed by atoms with Crippen LogP contribution in [0.3, 0.4) is 0 Å². The molecule has 10 heteroatoms. The first-order valence-corrected chi connectivity index (χ1v) is 11.6. The number of amides is 1. The van der Waals surface area contributed by atoms with E-state index >= 15 is 0 Å². The lowest BCUT2D eigenvalue weighted by molar-refractivity contribution is -0.0220. The lowest BCUT2D eigenvalue weighted by Crippen LogP contribution is -2.39. The molecule has 0 spiro atoms. The molecule has 4 aromatic heterocycles. The number of carbonyl (C=O) groups is 1. The summed E-state index contributed by atoms with van der Waals surface area (Å²) in [6, 6.07) is 7.35. The van der Waals surface area contributed by atoms with Crippen molar-refractivity contribution in [3.63, 3.8) is 0 Å². The molecule has 172 valence electrons. The van der Waals surface area contributed by atoms with Gasteiger partial charge < -0.3 is 10.2 Å². The molecule has 1 aliphatic heterocycles. The molecule has 0 radical (unpaired) electrons. The summed E-state index contributed by atoms with van der Waals surface area (Å²) in [5, 5.41) is 9.78. The quantitative estimate of drug-likeness (QED) is 0.438. The van der Waals surface area contributed by atoms with Crippen molar-refractivity contribution in [3.8, 4) is 10.6 Å². The molecule has 33 heavy (non-hydrogen) atoms. The molecule has 1 atom stereocenters. The lowest BCUT2D eigenvalue weighted by Gasteiger charge is -2.33. The van der Waals surface area contributed by atoms with Crippen LogP contribution in [0.4, 0.5) is 14.5 Å². The molecule has 1 aliphatic rings. The van der Waals surface area contributed by atoms with Gasteiger partial charge in [0.25, 0.3) is 11.8 Å². The third-order valence-electron chi connectivity index (χ3n) is 6.01. The van der Waals surface area contributed by atoms with Crippen molar-refractivity contribution in [1.29, 1.82) is 0 Å². The van der Waals surface area contributed by atoms with Crippen molar-refractivity contribution in [3.05, 3.63) is 59.0 Å². The number of H-pyrrole nitrogens is 1. The third kappa shape index (κ3) is 4.22. The van der Waals surface area contributed by atoms with Crippen molar-refractivity contribution in [2.45, 2.75) is 38.7 Å². The number of anilines is 1. The van der Waals surface area contributed by atoms with Gasteiger partial charge in [-0.2, -0.15) is 5.10 Å². The van der Waals surface area contributed by atoms with Crippen LogP contribution < -0.4 is 10.2 Å². The molecule has 5 rings (SSSR count). The number of aromatic amines is 1. The summed E-state index contributed by atoms with van der Waals surface area (Å²) in [5.74, 6) is -2.92. The van der Waals surface area contributed by atoms with Crippen molar-refractivity contribution in [2.75, 3.05) is 18.0 Å². The van der Waals surface area contributed by atoms with Crippen molar-refractivity contribution in [1.82, 2.24) is 24.9 Å². The van der Waals surface area contributed by atoms with Crippen LogP contribution in [0.25, 0.3) is 16.2 Å². The minimum atomic E-state index is -2.66. The Morgan fingerprint density at radius 1 is 1.27 bits per heavy atom. The first-order chi connectivity index (χ1) is 15.8. The molecule has 0 aromatic carbocycles. The van der Waals surface area contributed by atoms with Gasteiger partial charge in [0.1, 0.15) is 0 Å². The lowest BCUT2D eigenvalue weighted by atomic mass is 10.1. The van der Waals surface area contributed by atoms with Crippen LogP contribution >= 0.6 is 11.3 Å². The number of imidazole rings is 1. The number of pyridine rings is 1. The van der Waals surface area contributed by atoms with Crippen LogP contribution in [-0.4, -0.2) is 44.5 Å². The predicted octanol–water partition coefficient (Wildman–Crippen LogP) is 4.82. The number of hydrogen-bond donors (Lipinski definition) is 2. The van der Waals surface area contributed by atoms with Crippen LogP contribution in [0, 0.1) is 6.92 Å². The van der Waals surface area contributed by atoms with Gasteiger partial charge in [0.15, 0.2) is 5.65 Å². The van der Waals surface area contributed by atoms with E-state index in [1.54, 1.807) is 42.1 Å². The van der Waals surface area contributed by atoms with Crippen LogP contribution in [0.5, 0.6) is 0 Å². The fourth-order valence-electron chi connectivity index (χ4n) is 4.12. The highest BCUT2D eigenvalue weighted by Crippen LogP contribution is 2.35. The van der Waals surface area contributed by atoms with Gasteiger partial charge in [-0.3, -0.25) is 14.3 Å². The number of aromatic nitrogens is 4. The first-order valence-electron chi connectivity index (χ1n) is 10.8. The Morgan fingerprint density at radius 2 is 2.06 bits per heavy atom. The van der Waals surface area contributed by atoms with E-state index in [1.807, 2.05) is 35.3 Å². The predicted molar refractivity (Wildman–Crippen MR) is 124 cm³/mol. The zero-order valence-electron chi connectivity index (χ0n) is 18.3. The van der Waals surface area contributed by atoms with Gasteiger partial charge in [-0.1, -0.05) is 0 Å². The number of thiophene rings is 1. The van der Waals surface area contributed by atoms with Gasteiger partial charge in [-0.05, 0) is 38.1 Å². The minimum absolute atomic E-state index is 0.207. The molecule has 0 bridgehead atoms. The number of nitrogens with one attached hydrogen (secondary N) is 2. The summed E-state index contributed by atoms with van der Waals surface area (Å²) in [6.45, 7) is 4.32. The van der Waals surface area contributed by atoms with Crippen molar-refractivity contribution in [2.24, 2.45) is 0 Å². The second kappa shape index (κ2) is 8.26. The van der Waals surface area contributed by atoms with Crippen molar-refractivity contribution < 1.29 is 13.6 Å². The zero-order chi connectivity index (χ0) is 23.2. The van der Waals surface area contributed by atoms with Gasteiger partial charge in [0.2, 0.25) is 0 Å². The summed E-state index contributed by atoms with van der Waals surface area (Å²) in [7, 11) is 0. The van der Waals surface area contributed by atoms with Crippen LogP contribution in [0.1, 0.15) is 46.7 Å². The van der Waals surface area contributed by atoms with Gasteiger partial charge in [0.05, 0.1) is 39.8 Å². The number of hydrogen-bond acceptors (Lipinski definition) is 5. The van der Waals surface area contributed by atoms with E-state index in [2.05, 4.69) is 20.5 Å². The van der Waals surface area contributed by atoms with Crippen molar-refractivity contribution >= 4 is 28.6 Å². The van der Waals surface area contributed by atoms with Crippen LogP contribution in [-0.2, 0) is 0 Å². The Labute approximate surface area is 193 Å². The molecule has 0 saturated carbocycles. The normalized spacial score (nSPS) is 16.8. The van der Waals surface area contributed by atoms with Gasteiger partial charge in [0, 0.05) is 43.2 Å². The van der Waals surface area contributed by atoms with E-state index < -0.39 is 5.92 Å². The summed E-state index contributed by atoms with van der Waals surface area (Å²) in [5.41, 5.74) is 3.43. The molecule has 0 aliphatic carbocycles. The molecule has 1 saturated heterocycles. The number of fused-ring (bicyclic) bond motifs is 1. The SMILES string of the molecule is Cc1ccc(-c2cnc3c(N4CCC(F)(F)CC4)cc(C(=O)NC(C)c4ccn[nH]4)cn23)s1. The van der Waals surface area contributed by atoms with Crippen LogP contribution in [0.2, 0.25) is 0 Å². The van der Waals surface area contributed by atoms with E-state index in [0.717, 1.165) is 16.3 Å². The number of aryl methyl sites for hydroxylation is 1. The Hall–Kier alpha value is -3.27. The topological polar surface area (TPSA) is 78.3 Å². The smallest absolute Gasteiger partial charge is 0.253 e. The number of alkyl halides is 2. The van der Waals surface area contributed by atoms with E-state index in [0.29, 0.717) is 16.9 Å². The van der Waals surface area contributed by atoms with Crippen LogP contribution in [0.15, 0.2) is 42.9 Å². The van der Waals surface area contributed by atoms with Gasteiger partial charge >= 0.3 is 0 Å². The number of carbonyl (C=O) groups excluding carboxylic acids is 1. The molecular formula is C23H24F2N6OS. The summed E-state index contributed by atoms with van der Waals surface area (Å²) < 4.78 is 29.5. The Morgan fingerprint density at radius 3 is 2.73 bits per heavy atom. The second-order valence-electron chi connectivity index (χ2n) is 8.41. The molecule has 2 N–H and O–H groups in total. The molecule has 7 nitrogen and oxygen atoms in total. The largest absolute Gasteiger partial charge is 0.368 e. The maximum Gasteiger partial charge on any atom is 0.253 e. The maximum atomic E-state index is 13.8. The molecule has 1 amide bonds. The Bertz CT molecular complexity index is 1290. The highest BCUT2D eigenvalue weighted by molar-refractivity contribution is 7.15. The number of nitrogens with zero attached hydrogens (tertiary/aromatic N) is 4. The fourth-order valence-corrected chi connectivity index (χ4v) is 5.00. The average Bonchev–Trinajstić information content (AvgIpc) is 3.53. The van der Waals surface area contributed by atoms with E-state index in [-0.39, 0.29) is 37.9 Å². The Balaban J connectivity index is 1.56. The highest BCUT2D eigenvalue weighted by Gasteiger charge is 2.35. The second-order valence-corrected chi connectivity index (χ2v) is 9.70. The summed E-state index contributed by atoms with van der Waals surface area (Å²) >= 11 is 1.64. The number of piperidine rings is 1. The Kier molecular flexibility index (Phi) is 5.40. The monoisotopic (exact) mass is 470 g/mol. The average molecular weight is 471 g/mol. The van der Waals surface area contributed by atoms with E-state index in [4.69, 9.17) is 0 Å². The molecule has 5 heterocycles. The summed E-state index contributed by atoms with van der Waals surface area (Å²) in [6.07, 6.45) is 4.74. The number of rotatable bonds is 5. The number of halogens is 2. The van der Waals surface area contributed by atoms with E-state index in [1.165, 1.54) is 4.88 Å². The van der Waals surface area contributed by atoms with Gasteiger partial charge in [-0.15, -0.1) is 11.3 Å². The maximum absolute atomic E-state index is 13.8.